The fourth-order valence-corrected chi connectivity index (χ4v) is 1.12. The lowest BCUT2D eigenvalue weighted by Gasteiger charge is -2.31. The second-order valence-electron chi connectivity index (χ2n) is 2.51. The molecule has 1 heteroatoms. The minimum atomic E-state index is 0.546. The minimum absolute atomic E-state index is 0.546. The van der Waals surface area contributed by atoms with Crippen LogP contribution in [0.1, 0.15) is 26.2 Å². The summed E-state index contributed by atoms with van der Waals surface area (Å²) in [6.45, 7) is 2.23. The summed E-state index contributed by atoms with van der Waals surface area (Å²) < 4.78 is 0. The van der Waals surface area contributed by atoms with Crippen LogP contribution in [0.4, 0.5) is 0 Å². The Bertz CT molecular complexity index is 55.2. The molecule has 1 aliphatic carbocycles. The molecule has 0 spiro atoms. The Morgan fingerprint density at radius 1 is 1.57 bits per heavy atom. The van der Waals surface area contributed by atoms with E-state index in [2.05, 4.69) is 6.92 Å². The maximum absolute atomic E-state index is 5.54. The molecule has 0 radical (unpaired) electrons. The van der Waals surface area contributed by atoms with Crippen LogP contribution in [0, 0.1) is 5.92 Å². The highest BCUT2D eigenvalue weighted by Gasteiger charge is 2.23. The molecule has 0 aromatic rings. The molecule has 0 aliphatic heterocycles. The lowest BCUT2D eigenvalue weighted by Crippen LogP contribution is -2.35. The SMILES string of the molecule is CCC1CC(N)C1. The van der Waals surface area contributed by atoms with Crippen molar-refractivity contribution < 1.29 is 0 Å². The predicted octanol–water partition coefficient (Wildman–Crippen LogP) is 1.13. The molecule has 0 aromatic heterocycles. The van der Waals surface area contributed by atoms with Crippen LogP contribution >= 0.6 is 0 Å². The highest BCUT2D eigenvalue weighted by Crippen LogP contribution is 2.27. The first-order valence-corrected chi connectivity index (χ1v) is 3.08. The van der Waals surface area contributed by atoms with Crippen molar-refractivity contribution in [1.82, 2.24) is 0 Å². The molecule has 1 saturated carbocycles. The summed E-state index contributed by atoms with van der Waals surface area (Å²) in [4.78, 5) is 0. The quantitative estimate of drug-likeness (QED) is 0.524. The predicted molar refractivity (Wildman–Crippen MR) is 31.0 cm³/mol. The van der Waals surface area contributed by atoms with Crippen LogP contribution in [-0.2, 0) is 0 Å². The standard InChI is InChI=1S/C6H13N/c1-2-5-3-6(7)4-5/h5-6H,2-4,7H2,1H3. The van der Waals surface area contributed by atoms with Gasteiger partial charge in [0.25, 0.3) is 0 Å². The molecule has 1 aliphatic rings. The highest BCUT2D eigenvalue weighted by atomic mass is 14.7. The number of rotatable bonds is 1. The molecule has 7 heavy (non-hydrogen) atoms. The van der Waals surface area contributed by atoms with Crippen LogP contribution in [0.25, 0.3) is 0 Å². The van der Waals surface area contributed by atoms with Gasteiger partial charge in [-0.2, -0.15) is 0 Å². The molecule has 0 saturated heterocycles. The van der Waals surface area contributed by atoms with E-state index in [-0.39, 0.29) is 0 Å². The summed E-state index contributed by atoms with van der Waals surface area (Å²) in [6, 6.07) is 0.546. The van der Waals surface area contributed by atoms with Gasteiger partial charge in [-0.05, 0) is 18.8 Å². The van der Waals surface area contributed by atoms with E-state index in [1.165, 1.54) is 19.3 Å². The van der Waals surface area contributed by atoms with Gasteiger partial charge in [-0.3, -0.25) is 0 Å². The molecule has 0 bridgehead atoms. The van der Waals surface area contributed by atoms with Gasteiger partial charge in [0, 0.05) is 6.04 Å². The Morgan fingerprint density at radius 3 is 2.29 bits per heavy atom. The third-order valence-corrected chi connectivity index (χ3v) is 1.85. The van der Waals surface area contributed by atoms with Crippen molar-refractivity contribution in [2.45, 2.75) is 32.2 Å². The lowest BCUT2D eigenvalue weighted by molar-refractivity contribution is 0.258. The van der Waals surface area contributed by atoms with E-state index in [9.17, 15) is 0 Å². The molecule has 42 valence electrons. The normalized spacial score (nSPS) is 40.3. The minimum Gasteiger partial charge on any atom is -0.328 e. The molecule has 1 rings (SSSR count). The van der Waals surface area contributed by atoms with Gasteiger partial charge in [-0.15, -0.1) is 0 Å². The van der Waals surface area contributed by atoms with Crippen molar-refractivity contribution in [3.8, 4) is 0 Å². The summed E-state index contributed by atoms with van der Waals surface area (Å²) >= 11 is 0. The first-order chi connectivity index (χ1) is 3.33. The van der Waals surface area contributed by atoms with Gasteiger partial charge < -0.3 is 5.73 Å². The van der Waals surface area contributed by atoms with E-state index in [4.69, 9.17) is 5.73 Å². The molecule has 0 heterocycles. The molecule has 0 aromatic carbocycles. The summed E-state index contributed by atoms with van der Waals surface area (Å²) in [5.74, 6) is 0.968. The number of hydrogen-bond donors (Lipinski definition) is 1. The smallest absolute Gasteiger partial charge is 0.00441 e. The summed E-state index contributed by atoms with van der Waals surface area (Å²) in [5.41, 5.74) is 5.54. The Balaban J connectivity index is 2.06. The van der Waals surface area contributed by atoms with Crippen LogP contribution in [0.3, 0.4) is 0 Å². The first-order valence-electron chi connectivity index (χ1n) is 3.08. The van der Waals surface area contributed by atoms with Gasteiger partial charge in [0.05, 0.1) is 0 Å². The van der Waals surface area contributed by atoms with Gasteiger partial charge in [-0.1, -0.05) is 13.3 Å². The zero-order chi connectivity index (χ0) is 5.28. The highest BCUT2D eigenvalue weighted by molar-refractivity contribution is 4.80. The Morgan fingerprint density at radius 2 is 2.14 bits per heavy atom. The van der Waals surface area contributed by atoms with Crippen molar-refractivity contribution in [2.24, 2.45) is 11.7 Å². The van der Waals surface area contributed by atoms with E-state index in [1.54, 1.807) is 0 Å². The fourth-order valence-electron chi connectivity index (χ4n) is 1.12. The summed E-state index contributed by atoms with van der Waals surface area (Å²) in [5, 5.41) is 0. The fraction of sp³-hybridized carbons (Fsp3) is 1.00. The molecule has 0 amide bonds. The van der Waals surface area contributed by atoms with Gasteiger partial charge >= 0.3 is 0 Å². The molecule has 0 atom stereocenters. The average Bonchev–Trinajstić information content (AvgIpc) is 1.58. The third kappa shape index (κ3) is 0.942. The summed E-state index contributed by atoms with van der Waals surface area (Å²) in [6.07, 6.45) is 3.88. The van der Waals surface area contributed by atoms with Crippen molar-refractivity contribution in [3.05, 3.63) is 0 Å². The Hall–Kier alpha value is -0.0400. The van der Waals surface area contributed by atoms with Crippen LogP contribution in [0.15, 0.2) is 0 Å². The topological polar surface area (TPSA) is 26.0 Å². The third-order valence-electron chi connectivity index (χ3n) is 1.85. The van der Waals surface area contributed by atoms with E-state index in [0.29, 0.717) is 6.04 Å². The molecule has 0 unspecified atom stereocenters. The summed E-state index contributed by atoms with van der Waals surface area (Å²) in [7, 11) is 0. The van der Waals surface area contributed by atoms with Crippen LogP contribution in [0.2, 0.25) is 0 Å². The number of hydrogen-bond acceptors (Lipinski definition) is 1. The number of nitrogens with two attached hydrogens (primary N) is 1. The maximum Gasteiger partial charge on any atom is 0.00441 e. The molecule has 1 nitrogen and oxygen atoms in total. The molecular weight excluding hydrogens is 86.1 g/mol. The lowest BCUT2D eigenvalue weighted by atomic mass is 9.79. The van der Waals surface area contributed by atoms with Crippen molar-refractivity contribution in [3.63, 3.8) is 0 Å². The van der Waals surface area contributed by atoms with Gasteiger partial charge in [-0.25, -0.2) is 0 Å². The Kier molecular flexibility index (Phi) is 1.33. The van der Waals surface area contributed by atoms with Crippen LogP contribution in [-0.4, -0.2) is 6.04 Å². The largest absolute Gasteiger partial charge is 0.328 e. The van der Waals surface area contributed by atoms with Crippen molar-refractivity contribution >= 4 is 0 Å². The Labute approximate surface area is 44.9 Å². The van der Waals surface area contributed by atoms with E-state index < -0.39 is 0 Å². The van der Waals surface area contributed by atoms with Gasteiger partial charge in [0.1, 0.15) is 0 Å². The van der Waals surface area contributed by atoms with Gasteiger partial charge in [0.15, 0.2) is 0 Å². The maximum atomic E-state index is 5.54. The second-order valence-corrected chi connectivity index (χ2v) is 2.51. The van der Waals surface area contributed by atoms with E-state index in [0.717, 1.165) is 5.92 Å². The van der Waals surface area contributed by atoms with Crippen LogP contribution < -0.4 is 5.73 Å². The average molecular weight is 99.2 g/mol. The molecule has 2 N–H and O–H groups in total. The monoisotopic (exact) mass is 99.1 g/mol. The second kappa shape index (κ2) is 1.83. The van der Waals surface area contributed by atoms with Crippen LogP contribution in [0.5, 0.6) is 0 Å². The zero-order valence-electron chi connectivity index (χ0n) is 4.85. The van der Waals surface area contributed by atoms with Gasteiger partial charge in [0.2, 0.25) is 0 Å². The van der Waals surface area contributed by atoms with Crippen molar-refractivity contribution in [1.29, 1.82) is 0 Å². The molecular formula is C6H13N. The van der Waals surface area contributed by atoms with E-state index in [1.807, 2.05) is 0 Å². The first kappa shape index (κ1) is 5.10. The van der Waals surface area contributed by atoms with E-state index >= 15 is 0 Å². The zero-order valence-corrected chi connectivity index (χ0v) is 4.85. The molecule has 1 fully saturated rings. The van der Waals surface area contributed by atoms with Crippen molar-refractivity contribution in [2.75, 3.05) is 0 Å².